The van der Waals surface area contributed by atoms with Crippen molar-refractivity contribution in [3.63, 3.8) is 0 Å². The maximum Gasteiger partial charge on any atom is 0.306 e. The minimum absolute atomic E-state index is 0.0515. The van der Waals surface area contributed by atoms with Gasteiger partial charge in [-0.15, -0.1) is 0 Å². The zero-order valence-electron chi connectivity index (χ0n) is 22.5. The smallest absolute Gasteiger partial charge is 0.306 e. The molecule has 10 nitrogen and oxygen atoms in total. The SMILES string of the molecule is NC(=O)C1C(=O)C[C@@H]2[C@@H](OC(=O)C[C@@H]3CC4CC5CC(C4)C3C5)[C@@H]3Cc4cccc(O)c4C(=O)C3C(=O)[C@]2(O)C1=O. The Morgan fingerprint density at radius 1 is 0.951 bits per heavy atom. The summed E-state index contributed by atoms with van der Waals surface area (Å²) in [4.78, 5) is 79.6. The van der Waals surface area contributed by atoms with Gasteiger partial charge >= 0.3 is 5.97 Å². The van der Waals surface area contributed by atoms with Crippen molar-refractivity contribution in [2.24, 2.45) is 59.0 Å². The highest BCUT2D eigenvalue weighted by Crippen LogP contribution is 2.58. The van der Waals surface area contributed by atoms with Crippen LogP contribution in [0, 0.1) is 53.3 Å². The van der Waals surface area contributed by atoms with E-state index in [9.17, 15) is 39.0 Å². The first-order valence-corrected chi connectivity index (χ1v) is 14.7. The van der Waals surface area contributed by atoms with Crippen molar-refractivity contribution >= 4 is 35.0 Å². The van der Waals surface area contributed by atoms with Crippen LogP contribution in [-0.4, -0.2) is 56.9 Å². The molecular formula is C31H33NO9. The molecule has 0 aromatic heterocycles. The Morgan fingerprint density at radius 3 is 2.41 bits per heavy atom. The molecule has 0 heterocycles. The molecule has 11 atom stereocenters. The van der Waals surface area contributed by atoms with Gasteiger partial charge in [-0.05, 0) is 79.7 Å². The van der Waals surface area contributed by atoms with E-state index in [-0.39, 0.29) is 30.1 Å². The zero-order valence-corrected chi connectivity index (χ0v) is 22.5. The molecular weight excluding hydrogens is 530 g/mol. The topological polar surface area (TPSA) is 178 Å². The van der Waals surface area contributed by atoms with Crippen LogP contribution in [-0.2, 0) is 35.1 Å². The van der Waals surface area contributed by atoms with E-state index in [1.807, 2.05) is 0 Å². The second-order valence-corrected chi connectivity index (χ2v) is 13.4. The maximum atomic E-state index is 13.9. The van der Waals surface area contributed by atoms with Crippen LogP contribution in [0.2, 0.25) is 0 Å². The summed E-state index contributed by atoms with van der Waals surface area (Å²) in [6.45, 7) is 0. The quantitative estimate of drug-likeness (QED) is 0.360. The number of rotatable bonds is 4. The molecule has 6 aliphatic carbocycles. The lowest BCUT2D eigenvalue weighted by Crippen LogP contribution is -2.72. The Labute approximate surface area is 236 Å². The van der Waals surface area contributed by atoms with Crippen LogP contribution in [0.3, 0.4) is 0 Å². The fourth-order valence-electron chi connectivity index (χ4n) is 9.82. The van der Waals surface area contributed by atoms with Crippen molar-refractivity contribution in [1.29, 1.82) is 0 Å². The first-order chi connectivity index (χ1) is 19.5. The van der Waals surface area contributed by atoms with Gasteiger partial charge in [0.1, 0.15) is 11.9 Å². The number of carbonyl (C=O) groups is 6. The minimum atomic E-state index is -2.92. The average Bonchev–Trinajstić information content (AvgIpc) is 3.14. The van der Waals surface area contributed by atoms with E-state index in [4.69, 9.17) is 10.5 Å². The summed E-state index contributed by atoms with van der Waals surface area (Å²) in [6.07, 6.45) is 3.96. The Kier molecular flexibility index (Phi) is 5.85. The molecule has 5 saturated carbocycles. The monoisotopic (exact) mass is 563 g/mol. The molecule has 5 fully saturated rings. The third-order valence-corrected chi connectivity index (χ3v) is 11.3. The lowest BCUT2D eigenvalue weighted by molar-refractivity contribution is -0.198. The van der Waals surface area contributed by atoms with Crippen LogP contribution in [0.15, 0.2) is 18.2 Å². The molecule has 1 amide bonds. The van der Waals surface area contributed by atoms with E-state index in [0.29, 0.717) is 29.2 Å². The summed E-state index contributed by atoms with van der Waals surface area (Å²) >= 11 is 0. The van der Waals surface area contributed by atoms with Gasteiger partial charge in [0.15, 0.2) is 34.7 Å². The second-order valence-electron chi connectivity index (χ2n) is 13.4. The molecule has 0 saturated heterocycles. The summed E-state index contributed by atoms with van der Waals surface area (Å²) in [5, 5.41) is 22.2. The van der Waals surface area contributed by atoms with Crippen LogP contribution in [0.4, 0.5) is 0 Å². The lowest BCUT2D eigenvalue weighted by Gasteiger charge is -2.52. The summed E-state index contributed by atoms with van der Waals surface area (Å²) < 4.78 is 6.04. The maximum absolute atomic E-state index is 13.9. The highest BCUT2D eigenvalue weighted by Gasteiger charge is 2.70. The number of benzene rings is 1. The first kappa shape index (κ1) is 26.5. The lowest BCUT2D eigenvalue weighted by atomic mass is 9.52. The average molecular weight is 564 g/mol. The van der Waals surface area contributed by atoms with E-state index in [1.165, 1.54) is 25.3 Å². The number of carbonyl (C=O) groups excluding carboxylic acids is 6. The number of Topliss-reactive ketones (excluding diaryl/α,β-unsaturated/α-hetero) is 4. The Bertz CT molecular complexity index is 1420. The molecule has 216 valence electrons. The van der Waals surface area contributed by atoms with Gasteiger partial charge < -0.3 is 20.7 Å². The molecule has 41 heavy (non-hydrogen) atoms. The number of fused-ring (bicyclic) bond motifs is 5. The largest absolute Gasteiger partial charge is 0.507 e. The van der Waals surface area contributed by atoms with Crippen LogP contribution < -0.4 is 5.73 Å². The number of aliphatic hydroxyl groups is 1. The number of phenolic OH excluding ortho intramolecular Hbond substituents is 1. The fourth-order valence-corrected chi connectivity index (χ4v) is 9.82. The number of phenols is 1. The fraction of sp³-hybridized carbons (Fsp3) is 0.613. The first-order valence-electron chi connectivity index (χ1n) is 14.7. The van der Waals surface area contributed by atoms with Gasteiger partial charge in [0.25, 0.3) is 0 Å². The normalized spacial score (nSPS) is 42.4. The van der Waals surface area contributed by atoms with Gasteiger partial charge in [-0.1, -0.05) is 12.1 Å². The van der Waals surface area contributed by atoms with Crippen molar-refractivity contribution in [2.75, 3.05) is 0 Å². The third kappa shape index (κ3) is 3.72. The van der Waals surface area contributed by atoms with E-state index >= 15 is 0 Å². The molecule has 7 rings (SSSR count). The van der Waals surface area contributed by atoms with E-state index in [0.717, 1.165) is 12.8 Å². The Balaban J connectivity index is 1.25. The molecule has 10 heteroatoms. The van der Waals surface area contributed by atoms with Crippen LogP contribution >= 0.6 is 0 Å². The third-order valence-electron chi connectivity index (χ3n) is 11.3. The van der Waals surface area contributed by atoms with E-state index in [2.05, 4.69) is 0 Å². The predicted molar refractivity (Wildman–Crippen MR) is 139 cm³/mol. The second kappa shape index (κ2) is 9.05. The number of hydrogen-bond acceptors (Lipinski definition) is 9. The number of ketones is 4. The standard InChI is InChI=1S/C31H33NO9/c32-30(39)25-21(34)11-19-27(41-22(35)10-16-6-12-4-13-7-15(5-12)17(16)8-13)18-9-14-2-1-3-20(33)23(14)26(36)24(18)28(37)31(19,40)29(25)38/h1-3,12-13,15-19,24-25,27,33,40H,4-11H2,(H2,32,39)/t12?,13?,15?,16-,17?,18+,19+,24?,25?,27-,31-/m0/s1. The van der Waals surface area contributed by atoms with Crippen molar-refractivity contribution in [2.45, 2.75) is 63.1 Å². The molecule has 4 N–H and O–H groups in total. The molecule has 1 aromatic carbocycles. The van der Waals surface area contributed by atoms with Gasteiger partial charge in [-0.3, -0.25) is 28.8 Å². The number of aromatic hydroxyl groups is 1. The summed E-state index contributed by atoms with van der Waals surface area (Å²) in [5.74, 6) is -9.91. The van der Waals surface area contributed by atoms with Gasteiger partial charge in [0.05, 0.1) is 11.5 Å². The van der Waals surface area contributed by atoms with Gasteiger partial charge in [-0.25, -0.2) is 0 Å². The molecule has 3 bridgehead atoms. The zero-order chi connectivity index (χ0) is 29.0. The van der Waals surface area contributed by atoms with Crippen molar-refractivity contribution < 1.29 is 43.7 Å². The number of hydrogen-bond donors (Lipinski definition) is 3. The number of nitrogens with two attached hydrogens (primary N) is 1. The highest BCUT2D eigenvalue weighted by molar-refractivity contribution is 6.31. The molecule has 0 radical (unpaired) electrons. The summed E-state index contributed by atoms with van der Waals surface area (Å²) in [6, 6.07) is 4.49. The van der Waals surface area contributed by atoms with Crippen molar-refractivity contribution in [3.05, 3.63) is 29.3 Å². The molecule has 0 spiro atoms. The van der Waals surface area contributed by atoms with Gasteiger partial charge in [0.2, 0.25) is 5.91 Å². The van der Waals surface area contributed by atoms with Crippen molar-refractivity contribution in [1.82, 2.24) is 0 Å². The Morgan fingerprint density at radius 2 is 1.68 bits per heavy atom. The molecule has 0 aliphatic heterocycles. The van der Waals surface area contributed by atoms with Crippen LogP contribution in [0.1, 0.15) is 60.9 Å². The Hall–Kier alpha value is -3.40. The number of amides is 1. The van der Waals surface area contributed by atoms with Gasteiger partial charge in [-0.2, -0.15) is 0 Å². The molecule has 6 unspecified atom stereocenters. The number of primary amides is 1. The molecule has 6 aliphatic rings. The van der Waals surface area contributed by atoms with E-state index < -0.39 is 76.8 Å². The number of esters is 1. The van der Waals surface area contributed by atoms with Gasteiger partial charge in [0, 0.05) is 24.7 Å². The van der Waals surface area contributed by atoms with Crippen LogP contribution in [0.25, 0.3) is 0 Å². The number of ether oxygens (including phenoxy) is 1. The molecule has 1 aromatic rings. The minimum Gasteiger partial charge on any atom is -0.507 e. The van der Waals surface area contributed by atoms with E-state index in [1.54, 1.807) is 12.1 Å². The highest BCUT2D eigenvalue weighted by atomic mass is 16.5. The van der Waals surface area contributed by atoms with Crippen LogP contribution in [0.5, 0.6) is 5.75 Å². The van der Waals surface area contributed by atoms with Crippen molar-refractivity contribution in [3.8, 4) is 5.75 Å². The summed E-state index contributed by atoms with van der Waals surface area (Å²) in [5.41, 5.74) is 2.74. The summed E-state index contributed by atoms with van der Waals surface area (Å²) in [7, 11) is 0. The predicted octanol–water partition coefficient (Wildman–Crippen LogP) is 1.31.